The zero-order chi connectivity index (χ0) is 13.1. The third-order valence-corrected chi connectivity index (χ3v) is 3.97. The maximum Gasteiger partial charge on any atom is 0.264 e. The molecule has 0 unspecified atom stereocenters. The van der Waals surface area contributed by atoms with Gasteiger partial charge in [0, 0.05) is 17.3 Å². The summed E-state index contributed by atoms with van der Waals surface area (Å²) in [6, 6.07) is 9.99. The Labute approximate surface area is 111 Å². The van der Waals surface area contributed by atoms with Crippen molar-refractivity contribution in [3.8, 4) is 0 Å². The van der Waals surface area contributed by atoms with Crippen LogP contribution >= 0.6 is 11.3 Å². The second-order valence-electron chi connectivity index (χ2n) is 4.46. The van der Waals surface area contributed by atoms with E-state index < -0.39 is 0 Å². The van der Waals surface area contributed by atoms with Crippen LogP contribution in [0.5, 0.6) is 0 Å². The number of fused-ring (bicyclic) bond motifs is 1. The van der Waals surface area contributed by atoms with E-state index in [1.54, 1.807) is 4.90 Å². The number of aliphatic hydroxyl groups is 1. The van der Waals surface area contributed by atoms with E-state index in [0.717, 1.165) is 15.0 Å². The number of rotatable bonds is 4. The lowest BCUT2D eigenvalue weighted by molar-refractivity contribution is 0.0670. The zero-order valence-electron chi connectivity index (χ0n) is 10.6. The van der Waals surface area contributed by atoms with Crippen molar-refractivity contribution in [3.63, 3.8) is 0 Å². The Morgan fingerprint density at radius 3 is 2.72 bits per heavy atom. The van der Waals surface area contributed by atoms with Gasteiger partial charge in [-0.3, -0.25) is 4.79 Å². The Kier molecular flexibility index (Phi) is 3.99. The maximum atomic E-state index is 12.4. The molecule has 1 aromatic carbocycles. The Morgan fingerprint density at radius 2 is 2.11 bits per heavy atom. The molecule has 0 aliphatic heterocycles. The summed E-state index contributed by atoms with van der Waals surface area (Å²) in [5.41, 5.74) is 0. The minimum absolute atomic E-state index is 0.000231. The van der Waals surface area contributed by atoms with Gasteiger partial charge in [0.15, 0.2) is 0 Å². The van der Waals surface area contributed by atoms with Gasteiger partial charge in [-0.25, -0.2) is 0 Å². The van der Waals surface area contributed by atoms with Gasteiger partial charge in [0.2, 0.25) is 0 Å². The predicted molar refractivity (Wildman–Crippen MR) is 75.1 cm³/mol. The number of aliphatic hydroxyl groups excluding tert-OH is 1. The first kappa shape index (κ1) is 13.1. The highest BCUT2D eigenvalue weighted by atomic mass is 32.1. The number of carbonyl (C=O) groups is 1. The van der Waals surface area contributed by atoms with Crippen LogP contribution in [0.15, 0.2) is 30.3 Å². The Morgan fingerprint density at radius 1 is 1.39 bits per heavy atom. The molecule has 1 heterocycles. The summed E-state index contributed by atoms with van der Waals surface area (Å²) in [5.74, 6) is 0.000231. The molecule has 0 saturated heterocycles. The van der Waals surface area contributed by atoms with Crippen LogP contribution < -0.4 is 0 Å². The quantitative estimate of drug-likeness (QED) is 0.921. The minimum Gasteiger partial charge on any atom is -0.395 e. The second-order valence-corrected chi connectivity index (χ2v) is 5.55. The van der Waals surface area contributed by atoms with E-state index in [2.05, 4.69) is 0 Å². The first-order chi connectivity index (χ1) is 8.63. The molecule has 0 radical (unpaired) electrons. The molecule has 0 aliphatic carbocycles. The lowest BCUT2D eigenvalue weighted by atomic mass is 10.2. The standard InChI is InChI=1S/C14H17NO2S/c1-10(2)15(7-8-16)14(17)13-9-11-5-3-4-6-12(11)18-13/h3-6,9-10,16H,7-8H2,1-2H3. The van der Waals surface area contributed by atoms with Gasteiger partial charge in [-0.2, -0.15) is 0 Å². The lowest BCUT2D eigenvalue weighted by Crippen LogP contribution is -2.38. The Bertz CT molecular complexity index is 514. The number of amides is 1. The number of benzene rings is 1. The van der Waals surface area contributed by atoms with E-state index in [1.807, 2.05) is 44.2 Å². The van der Waals surface area contributed by atoms with Crippen LogP contribution in [0.4, 0.5) is 0 Å². The number of hydrogen-bond donors (Lipinski definition) is 1. The van der Waals surface area contributed by atoms with Gasteiger partial charge in [-0.1, -0.05) is 18.2 Å². The van der Waals surface area contributed by atoms with Crippen LogP contribution in [-0.4, -0.2) is 35.1 Å². The zero-order valence-corrected chi connectivity index (χ0v) is 11.4. The van der Waals surface area contributed by atoms with Crippen LogP contribution in [0.1, 0.15) is 23.5 Å². The van der Waals surface area contributed by atoms with Crippen LogP contribution in [0, 0.1) is 0 Å². The van der Waals surface area contributed by atoms with E-state index in [0.29, 0.717) is 6.54 Å². The molecule has 0 fully saturated rings. The third-order valence-electron chi connectivity index (χ3n) is 2.86. The topological polar surface area (TPSA) is 40.5 Å². The third kappa shape index (κ3) is 2.54. The van der Waals surface area contributed by atoms with E-state index in [4.69, 9.17) is 5.11 Å². The average molecular weight is 263 g/mol. The Balaban J connectivity index is 2.31. The SMILES string of the molecule is CC(C)N(CCO)C(=O)c1cc2ccccc2s1. The molecular formula is C14H17NO2S. The number of hydrogen-bond acceptors (Lipinski definition) is 3. The van der Waals surface area contributed by atoms with Gasteiger partial charge >= 0.3 is 0 Å². The molecule has 1 N–H and O–H groups in total. The van der Waals surface area contributed by atoms with Crippen molar-refractivity contribution < 1.29 is 9.90 Å². The van der Waals surface area contributed by atoms with Crippen molar-refractivity contribution in [1.29, 1.82) is 0 Å². The normalized spacial score (nSPS) is 11.1. The average Bonchev–Trinajstić information content (AvgIpc) is 2.78. The largest absolute Gasteiger partial charge is 0.395 e. The molecule has 0 saturated carbocycles. The summed E-state index contributed by atoms with van der Waals surface area (Å²) in [4.78, 5) is 14.8. The van der Waals surface area contributed by atoms with Crippen molar-refractivity contribution in [2.45, 2.75) is 19.9 Å². The van der Waals surface area contributed by atoms with Gasteiger partial charge in [-0.15, -0.1) is 11.3 Å². The minimum atomic E-state index is -0.00514. The van der Waals surface area contributed by atoms with Gasteiger partial charge in [0.1, 0.15) is 0 Å². The molecule has 0 bridgehead atoms. The molecule has 1 aromatic heterocycles. The fraction of sp³-hybridized carbons (Fsp3) is 0.357. The van der Waals surface area contributed by atoms with Crippen molar-refractivity contribution in [2.75, 3.05) is 13.2 Å². The first-order valence-electron chi connectivity index (χ1n) is 6.04. The van der Waals surface area contributed by atoms with Gasteiger partial charge in [-0.05, 0) is 31.4 Å². The fourth-order valence-corrected chi connectivity index (χ4v) is 2.95. The molecule has 4 heteroatoms. The predicted octanol–water partition coefficient (Wildman–Crippen LogP) is 2.74. The van der Waals surface area contributed by atoms with Crippen molar-refractivity contribution >= 4 is 27.3 Å². The molecule has 2 rings (SSSR count). The number of carbonyl (C=O) groups excluding carboxylic acids is 1. The molecule has 2 aromatic rings. The number of thiophene rings is 1. The molecule has 1 amide bonds. The lowest BCUT2D eigenvalue weighted by Gasteiger charge is -2.25. The summed E-state index contributed by atoms with van der Waals surface area (Å²) in [7, 11) is 0. The van der Waals surface area contributed by atoms with Crippen LogP contribution in [0.3, 0.4) is 0 Å². The monoisotopic (exact) mass is 263 g/mol. The van der Waals surface area contributed by atoms with Gasteiger partial charge < -0.3 is 10.0 Å². The van der Waals surface area contributed by atoms with E-state index in [1.165, 1.54) is 11.3 Å². The maximum absolute atomic E-state index is 12.4. The summed E-state index contributed by atoms with van der Waals surface area (Å²) in [5, 5.41) is 10.1. The van der Waals surface area contributed by atoms with E-state index in [-0.39, 0.29) is 18.6 Å². The van der Waals surface area contributed by atoms with E-state index >= 15 is 0 Å². The van der Waals surface area contributed by atoms with E-state index in [9.17, 15) is 4.79 Å². The highest BCUT2D eigenvalue weighted by Gasteiger charge is 2.20. The molecule has 96 valence electrons. The molecule has 0 aliphatic rings. The first-order valence-corrected chi connectivity index (χ1v) is 6.85. The summed E-state index contributed by atoms with van der Waals surface area (Å²) in [6.07, 6.45) is 0. The molecule has 18 heavy (non-hydrogen) atoms. The molecule has 0 spiro atoms. The smallest absolute Gasteiger partial charge is 0.264 e. The highest BCUT2D eigenvalue weighted by molar-refractivity contribution is 7.20. The summed E-state index contributed by atoms with van der Waals surface area (Å²) >= 11 is 1.50. The summed E-state index contributed by atoms with van der Waals surface area (Å²) in [6.45, 7) is 4.29. The fourth-order valence-electron chi connectivity index (χ4n) is 1.93. The second kappa shape index (κ2) is 5.50. The van der Waals surface area contributed by atoms with Gasteiger partial charge in [0.25, 0.3) is 5.91 Å². The number of nitrogens with zero attached hydrogens (tertiary/aromatic N) is 1. The van der Waals surface area contributed by atoms with Crippen molar-refractivity contribution in [3.05, 3.63) is 35.2 Å². The van der Waals surface area contributed by atoms with Gasteiger partial charge in [0.05, 0.1) is 11.5 Å². The van der Waals surface area contributed by atoms with Crippen LogP contribution in [0.2, 0.25) is 0 Å². The Hall–Kier alpha value is -1.39. The van der Waals surface area contributed by atoms with Crippen LogP contribution in [0.25, 0.3) is 10.1 Å². The molecule has 0 atom stereocenters. The van der Waals surface area contributed by atoms with Crippen LogP contribution in [-0.2, 0) is 0 Å². The molecular weight excluding hydrogens is 246 g/mol. The van der Waals surface area contributed by atoms with Crippen molar-refractivity contribution in [1.82, 2.24) is 4.90 Å². The summed E-state index contributed by atoms with van der Waals surface area (Å²) < 4.78 is 1.12. The molecule has 3 nitrogen and oxygen atoms in total. The highest BCUT2D eigenvalue weighted by Crippen LogP contribution is 2.26. The van der Waals surface area contributed by atoms with Crippen molar-refractivity contribution in [2.24, 2.45) is 0 Å².